The van der Waals surface area contributed by atoms with Crippen molar-refractivity contribution in [3.8, 4) is 0 Å². The second-order valence-electron chi connectivity index (χ2n) is 20.9. The fraction of sp³-hybridized carbons (Fsp3) is 0.700. The van der Waals surface area contributed by atoms with E-state index in [9.17, 15) is 14.4 Å². The molecule has 0 amide bonds. The van der Waals surface area contributed by atoms with Crippen LogP contribution in [0.5, 0.6) is 0 Å². The zero-order valence-corrected chi connectivity index (χ0v) is 49.7. The van der Waals surface area contributed by atoms with Crippen molar-refractivity contribution in [1.29, 1.82) is 0 Å². The van der Waals surface area contributed by atoms with Gasteiger partial charge in [0.15, 0.2) is 6.10 Å². The van der Waals surface area contributed by atoms with Crippen molar-refractivity contribution in [2.75, 3.05) is 13.2 Å². The lowest BCUT2D eigenvalue weighted by Gasteiger charge is -2.18. The highest BCUT2D eigenvalue weighted by molar-refractivity contribution is 5.71. The standard InChI is InChI=1S/C70H118O6/c1-4-7-10-13-16-19-22-25-28-31-34-35-37-39-42-45-48-51-54-57-60-63-69(72)75-66-67(65-74-68(71)62-59-56-53-50-47-44-41-38-33-30-27-24-21-18-15-12-9-6-3)76-70(73)64-61-58-55-52-49-46-43-40-36-32-29-26-23-20-17-14-11-8-5-2/h8,11,17,20,22,25-26,29-31,33-34,36-37,39-40,46,49,67H,4-7,9-10,12-16,18-19,21,23-24,27-28,32,35,38,41-45,47-48,50-66H2,1-3H3/b11-8-,20-17-,25-22-,29-26-,33-30-,34-31-,39-37-,40-36-,49-46-. The van der Waals surface area contributed by atoms with Gasteiger partial charge in [0.2, 0.25) is 0 Å². The summed E-state index contributed by atoms with van der Waals surface area (Å²) in [6, 6.07) is 0. The average Bonchev–Trinajstić information content (AvgIpc) is 3.42. The second-order valence-corrected chi connectivity index (χ2v) is 20.9. The molecule has 0 radical (unpaired) electrons. The van der Waals surface area contributed by atoms with Gasteiger partial charge < -0.3 is 14.2 Å². The van der Waals surface area contributed by atoms with E-state index in [0.29, 0.717) is 12.8 Å². The highest BCUT2D eigenvalue weighted by atomic mass is 16.6. The van der Waals surface area contributed by atoms with Gasteiger partial charge in [-0.2, -0.15) is 0 Å². The number of ether oxygens (including phenoxy) is 3. The molecule has 0 aliphatic carbocycles. The summed E-state index contributed by atoms with van der Waals surface area (Å²) in [6.45, 7) is 6.49. The summed E-state index contributed by atoms with van der Waals surface area (Å²) in [7, 11) is 0. The van der Waals surface area contributed by atoms with Crippen LogP contribution in [0, 0.1) is 0 Å². The maximum Gasteiger partial charge on any atom is 0.306 e. The molecular weight excluding hydrogens is 937 g/mol. The molecule has 6 nitrogen and oxygen atoms in total. The molecule has 434 valence electrons. The summed E-state index contributed by atoms with van der Waals surface area (Å²) in [4.78, 5) is 38.3. The van der Waals surface area contributed by atoms with Crippen LogP contribution in [-0.4, -0.2) is 37.2 Å². The van der Waals surface area contributed by atoms with Gasteiger partial charge in [0.25, 0.3) is 0 Å². The van der Waals surface area contributed by atoms with Gasteiger partial charge in [-0.05, 0) is 128 Å². The Bertz CT molecular complexity index is 1540. The Hall–Kier alpha value is -3.93. The van der Waals surface area contributed by atoms with Crippen LogP contribution in [0.4, 0.5) is 0 Å². The van der Waals surface area contributed by atoms with Gasteiger partial charge in [-0.1, -0.05) is 259 Å². The van der Waals surface area contributed by atoms with Crippen LogP contribution in [-0.2, 0) is 28.6 Å². The maximum atomic E-state index is 12.9. The number of esters is 3. The van der Waals surface area contributed by atoms with Crippen LogP contribution >= 0.6 is 0 Å². The van der Waals surface area contributed by atoms with E-state index in [1.807, 2.05) is 0 Å². The summed E-state index contributed by atoms with van der Waals surface area (Å²) in [6.07, 6.45) is 86.5. The van der Waals surface area contributed by atoms with E-state index in [4.69, 9.17) is 14.2 Å². The topological polar surface area (TPSA) is 78.9 Å². The predicted molar refractivity (Wildman–Crippen MR) is 330 cm³/mol. The quantitative estimate of drug-likeness (QED) is 0.0261. The van der Waals surface area contributed by atoms with Crippen molar-refractivity contribution in [2.24, 2.45) is 0 Å². The Morgan fingerprint density at radius 3 is 0.829 bits per heavy atom. The van der Waals surface area contributed by atoms with E-state index in [-0.39, 0.29) is 37.5 Å². The molecule has 0 aromatic rings. The Balaban J connectivity index is 4.48. The predicted octanol–water partition coefficient (Wildman–Crippen LogP) is 21.8. The molecule has 0 N–H and O–H groups in total. The highest BCUT2D eigenvalue weighted by Gasteiger charge is 2.19. The molecule has 0 fully saturated rings. The Kier molecular flexibility index (Phi) is 60.3. The molecule has 0 aliphatic rings. The third-order valence-corrected chi connectivity index (χ3v) is 13.5. The van der Waals surface area contributed by atoms with Crippen LogP contribution in [0.15, 0.2) is 109 Å². The third-order valence-electron chi connectivity index (χ3n) is 13.5. The summed E-state index contributed by atoms with van der Waals surface area (Å²) >= 11 is 0. The fourth-order valence-corrected chi connectivity index (χ4v) is 8.71. The first-order valence-corrected chi connectivity index (χ1v) is 31.9. The fourth-order valence-electron chi connectivity index (χ4n) is 8.71. The Labute approximate surface area is 470 Å². The molecule has 0 saturated carbocycles. The molecule has 0 heterocycles. The maximum absolute atomic E-state index is 12.9. The van der Waals surface area contributed by atoms with Crippen molar-refractivity contribution in [1.82, 2.24) is 0 Å². The summed E-state index contributed by atoms with van der Waals surface area (Å²) in [5, 5.41) is 0. The van der Waals surface area contributed by atoms with Crippen LogP contribution in [0.25, 0.3) is 0 Å². The molecule has 0 bridgehead atoms. The van der Waals surface area contributed by atoms with Gasteiger partial charge in [-0.15, -0.1) is 0 Å². The molecule has 0 rings (SSSR count). The first kappa shape index (κ1) is 72.1. The molecule has 1 unspecified atom stereocenters. The van der Waals surface area contributed by atoms with Crippen molar-refractivity contribution in [3.63, 3.8) is 0 Å². The van der Waals surface area contributed by atoms with Crippen LogP contribution in [0.3, 0.4) is 0 Å². The van der Waals surface area contributed by atoms with Gasteiger partial charge >= 0.3 is 17.9 Å². The van der Waals surface area contributed by atoms with Gasteiger partial charge in [0.05, 0.1) is 0 Å². The third kappa shape index (κ3) is 60.9. The number of allylic oxidation sites excluding steroid dienone is 18. The van der Waals surface area contributed by atoms with Gasteiger partial charge in [-0.3, -0.25) is 14.4 Å². The van der Waals surface area contributed by atoms with E-state index >= 15 is 0 Å². The number of carbonyl (C=O) groups is 3. The SMILES string of the molecule is CC/C=C\C/C=C\C/C=C\C/C=C\C/C=C\CCCCCC(=O)OC(COC(=O)CCCCCCCC/C=C\C/C=C\C/C=C\CCCCCCC)COC(=O)CCCCCCCCC/C=C\CCCCCCCCC. The van der Waals surface area contributed by atoms with Crippen LogP contribution in [0.2, 0.25) is 0 Å². The van der Waals surface area contributed by atoms with Gasteiger partial charge in [-0.25, -0.2) is 0 Å². The van der Waals surface area contributed by atoms with Gasteiger partial charge in [0, 0.05) is 19.3 Å². The summed E-state index contributed by atoms with van der Waals surface area (Å²) < 4.78 is 16.9. The Morgan fingerprint density at radius 2 is 0.513 bits per heavy atom. The lowest BCUT2D eigenvalue weighted by molar-refractivity contribution is -0.167. The smallest absolute Gasteiger partial charge is 0.306 e. The normalized spacial score (nSPS) is 12.8. The van der Waals surface area contributed by atoms with Gasteiger partial charge in [0.1, 0.15) is 13.2 Å². The minimum absolute atomic E-state index is 0.0989. The molecular formula is C70H118O6. The van der Waals surface area contributed by atoms with E-state index < -0.39 is 6.10 Å². The average molecular weight is 1060 g/mol. The zero-order chi connectivity index (χ0) is 55.0. The molecule has 0 aliphatic heterocycles. The van der Waals surface area contributed by atoms with E-state index in [0.717, 1.165) is 122 Å². The number of carbonyl (C=O) groups excluding carboxylic acids is 3. The van der Waals surface area contributed by atoms with Crippen molar-refractivity contribution < 1.29 is 28.6 Å². The minimum Gasteiger partial charge on any atom is -0.462 e. The Morgan fingerprint density at radius 1 is 0.276 bits per heavy atom. The number of hydrogen-bond acceptors (Lipinski definition) is 6. The second kappa shape index (κ2) is 63.6. The van der Waals surface area contributed by atoms with Crippen LogP contribution in [0.1, 0.15) is 297 Å². The molecule has 0 aromatic carbocycles. The van der Waals surface area contributed by atoms with Crippen molar-refractivity contribution in [2.45, 2.75) is 303 Å². The zero-order valence-electron chi connectivity index (χ0n) is 49.7. The largest absolute Gasteiger partial charge is 0.462 e. The van der Waals surface area contributed by atoms with Crippen molar-refractivity contribution in [3.05, 3.63) is 109 Å². The number of unbranched alkanes of at least 4 members (excludes halogenated alkanes) is 28. The summed E-state index contributed by atoms with van der Waals surface area (Å²) in [5.41, 5.74) is 0. The first-order valence-electron chi connectivity index (χ1n) is 31.9. The van der Waals surface area contributed by atoms with Crippen LogP contribution < -0.4 is 0 Å². The molecule has 6 heteroatoms. The molecule has 0 aromatic heterocycles. The minimum atomic E-state index is -0.807. The van der Waals surface area contributed by atoms with E-state index in [1.54, 1.807) is 0 Å². The lowest BCUT2D eigenvalue weighted by Crippen LogP contribution is -2.30. The lowest BCUT2D eigenvalue weighted by atomic mass is 10.1. The van der Waals surface area contributed by atoms with E-state index in [2.05, 4.69) is 130 Å². The molecule has 0 saturated heterocycles. The number of rotatable bonds is 57. The molecule has 1 atom stereocenters. The van der Waals surface area contributed by atoms with Crippen molar-refractivity contribution >= 4 is 17.9 Å². The monoisotopic (exact) mass is 1050 g/mol. The molecule has 0 spiro atoms. The van der Waals surface area contributed by atoms with E-state index in [1.165, 1.54) is 135 Å². The molecule has 76 heavy (non-hydrogen) atoms. The summed E-state index contributed by atoms with van der Waals surface area (Å²) in [5.74, 6) is -0.942. The first-order chi connectivity index (χ1) is 37.5. The highest BCUT2D eigenvalue weighted by Crippen LogP contribution is 2.15. The number of hydrogen-bond donors (Lipinski definition) is 0.